The van der Waals surface area contributed by atoms with Crippen molar-refractivity contribution < 1.29 is 18.7 Å². The minimum atomic E-state index is -0.567. The lowest BCUT2D eigenvalue weighted by atomic mass is 10.1. The predicted molar refractivity (Wildman–Crippen MR) is 76.1 cm³/mol. The number of ether oxygens (including phenoxy) is 2. The van der Waals surface area contributed by atoms with Crippen molar-refractivity contribution in [2.24, 2.45) is 0 Å². The Bertz CT molecular complexity index is 554. The van der Waals surface area contributed by atoms with Crippen LogP contribution in [-0.4, -0.2) is 23.7 Å². The number of methoxy groups -OCH3 is 1. The average Bonchev–Trinajstić information content (AvgIpc) is 2.71. The SMILES string of the molecule is COc1c(Br)cc2c(c1F)CN(C(=O)OC(C)(C)C)C2. The van der Waals surface area contributed by atoms with Crippen molar-refractivity contribution in [2.75, 3.05) is 7.11 Å². The number of hydrogen-bond acceptors (Lipinski definition) is 3. The topological polar surface area (TPSA) is 38.8 Å². The molecule has 20 heavy (non-hydrogen) atoms. The molecule has 1 aliphatic heterocycles. The van der Waals surface area contributed by atoms with Gasteiger partial charge in [0.2, 0.25) is 0 Å². The summed E-state index contributed by atoms with van der Waals surface area (Å²) >= 11 is 3.27. The van der Waals surface area contributed by atoms with Crippen molar-refractivity contribution in [3.8, 4) is 5.75 Å². The third-order valence-electron chi connectivity index (χ3n) is 2.94. The van der Waals surface area contributed by atoms with E-state index >= 15 is 0 Å². The predicted octanol–water partition coefficient (Wildman–Crippen LogP) is 3.85. The monoisotopic (exact) mass is 345 g/mol. The van der Waals surface area contributed by atoms with Gasteiger partial charge in [-0.05, 0) is 48.3 Å². The zero-order valence-electron chi connectivity index (χ0n) is 11.9. The zero-order chi connectivity index (χ0) is 15.1. The van der Waals surface area contributed by atoms with Crippen LogP contribution in [0.1, 0.15) is 31.9 Å². The summed E-state index contributed by atoms with van der Waals surface area (Å²) in [5.41, 5.74) is 0.680. The van der Waals surface area contributed by atoms with Crippen molar-refractivity contribution >= 4 is 22.0 Å². The number of hydrogen-bond donors (Lipinski definition) is 0. The van der Waals surface area contributed by atoms with Crippen LogP contribution in [0.3, 0.4) is 0 Å². The van der Waals surface area contributed by atoms with Gasteiger partial charge in [-0.15, -0.1) is 0 Å². The summed E-state index contributed by atoms with van der Waals surface area (Å²) in [6.07, 6.45) is -0.441. The first kappa shape index (κ1) is 15.1. The number of carbonyl (C=O) groups is 1. The number of nitrogens with zero attached hydrogens (tertiary/aromatic N) is 1. The first-order valence-corrected chi connectivity index (χ1v) is 7.04. The molecule has 0 spiro atoms. The fourth-order valence-corrected chi connectivity index (χ4v) is 2.71. The maximum atomic E-state index is 14.3. The first-order valence-electron chi connectivity index (χ1n) is 6.24. The van der Waals surface area contributed by atoms with E-state index in [0.717, 1.165) is 5.56 Å². The third-order valence-corrected chi connectivity index (χ3v) is 3.52. The molecule has 0 aliphatic carbocycles. The summed E-state index contributed by atoms with van der Waals surface area (Å²) in [4.78, 5) is 13.5. The number of rotatable bonds is 1. The molecule has 0 unspecified atom stereocenters. The Morgan fingerprint density at radius 2 is 2.05 bits per heavy atom. The lowest BCUT2D eigenvalue weighted by molar-refractivity contribution is 0.0241. The van der Waals surface area contributed by atoms with E-state index in [4.69, 9.17) is 9.47 Å². The maximum Gasteiger partial charge on any atom is 0.410 e. The molecule has 0 bridgehead atoms. The molecule has 0 saturated carbocycles. The van der Waals surface area contributed by atoms with Crippen LogP contribution in [0.15, 0.2) is 10.5 Å². The molecule has 1 aliphatic rings. The molecule has 0 radical (unpaired) electrons. The molecule has 1 aromatic carbocycles. The Labute approximate surface area is 126 Å². The Morgan fingerprint density at radius 1 is 1.40 bits per heavy atom. The quantitative estimate of drug-likeness (QED) is 0.775. The summed E-state index contributed by atoms with van der Waals surface area (Å²) in [5.74, 6) is -0.266. The molecule has 4 nitrogen and oxygen atoms in total. The Morgan fingerprint density at radius 3 is 2.60 bits per heavy atom. The molecule has 0 N–H and O–H groups in total. The minimum absolute atomic E-state index is 0.162. The van der Waals surface area contributed by atoms with Crippen LogP contribution < -0.4 is 4.74 Å². The maximum absolute atomic E-state index is 14.3. The van der Waals surface area contributed by atoms with Crippen LogP contribution in [0.4, 0.5) is 9.18 Å². The number of carbonyl (C=O) groups excluding carboxylic acids is 1. The molecule has 6 heteroatoms. The van der Waals surface area contributed by atoms with Gasteiger partial charge in [0.25, 0.3) is 0 Å². The lowest BCUT2D eigenvalue weighted by Crippen LogP contribution is -2.33. The normalized spacial score (nSPS) is 14.2. The van der Waals surface area contributed by atoms with Gasteiger partial charge in [-0.1, -0.05) is 0 Å². The van der Waals surface area contributed by atoms with Crippen LogP contribution in [0.5, 0.6) is 5.75 Å². The van der Waals surface area contributed by atoms with E-state index in [1.165, 1.54) is 12.0 Å². The van der Waals surface area contributed by atoms with Gasteiger partial charge in [-0.2, -0.15) is 0 Å². The molecule has 1 aromatic rings. The number of amides is 1. The van der Waals surface area contributed by atoms with Crippen molar-refractivity contribution in [3.05, 3.63) is 27.5 Å². The first-order chi connectivity index (χ1) is 9.23. The molecule has 0 saturated heterocycles. The highest BCUT2D eigenvalue weighted by molar-refractivity contribution is 9.10. The fraction of sp³-hybridized carbons (Fsp3) is 0.500. The fourth-order valence-electron chi connectivity index (χ4n) is 2.10. The smallest absolute Gasteiger partial charge is 0.410 e. The van der Waals surface area contributed by atoms with Gasteiger partial charge in [0.15, 0.2) is 11.6 Å². The van der Waals surface area contributed by atoms with Crippen molar-refractivity contribution in [3.63, 3.8) is 0 Å². The van der Waals surface area contributed by atoms with Crippen molar-refractivity contribution in [2.45, 2.75) is 39.5 Å². The van der Waals surface area contributed by atoms with Crippen molar-refractivity contribution in [1.82, 2.24) is 4.90 Å². The van der Waals surface area contributed by atoms with E-state index in [9.17, 15) is 9.18 Å². The second-order valence-electron chi connectivity index (χ2n) is 5.68. The summed E-state index contributed by atoms with van der Waals surface area (Å²) in [6, 6.07) is 1.78. The van der Waals surface area contributed by atoms with Crippen LogP contribution in [-0.2, 0) is 17.8 Å². The number of benzene rings is 1. The summed E-state index contributed by atoms with van der Waals surface area (Å²) in [7, 11) is 1.41. The van der Waals surface area contributed by atoms with E-state index in [2.05, 4.69) is 15.9 Å². The zero-order valence-corrected chi connectivity index (χ0v) is 13.5. The van der Waals surface area contributed by atoms with Crippen LogP contribution in [0.2, 0.25) is 0 Å². The third kappa shape index (κ3) is 2.90. The molecule has 110 valence electrons. The van der Waals surface area contributed by atoms with E-state index in [-0.39, 0.29) is 12.3 Å². The minimum Gasteiger partial charge on any atom is -0.492 e. The Kier molecular flexibility index (Phi) is 3.95. The highest BCUT2D eigenvalue weighted by Gasteiger charge is 2.31. The summed E-state index contributed by atoms with van der Waals surface area (Å²) in [5, 5.41) is 0. The standard InChI is InChI=1S/C14H17BrFNO3/c1-14(2,3)20-13(18)17-6-8-5-10(15)12(19-4)11(16)9(8)7-17/h5H,6-7H2,1-4H3. The largest absolute Gasteiger partial charge is 0.492 e. The van der Waals surface area contributed by atoms with Gasteiger partial charge in [0.1, 0.15) is 5.60 Å². The lowest BCUT2D eigenvalue weighted by Gasteiger charge is -2.24. The Balaban J connectivity index is 2.24. The van der Waals surface area contributed by atoms with Gasteiger partial charge in [0, 0.05) is 12.1 Å². The highest BCUT2D eigenvalue weighted by atomic mass is 79.9. The summed E-state index contributed by atoms with van der Waals surface area (Å²) < 4.78 is 25.1. The van der Waals surface area contributed by atoms with Gasteiger partial charge >= 0.3 is 6.09 Å². The molecule has 0 aromatic heterocycles. The van der Waals surface area contributed by atoms with Gasteiger partial charge < -0.3 is 9.47 Å². The van der Waals surface area contributed by atoms with E-state index in [1.54, 1.807) is 26.8 Å². The van der Waals surface area contributed by atoms with E-state index < -0.39 is 17.5 Å². The second kappa shape index (κ2) is 5.24. The van der Waals surface area contributed by atoms with Gasteiger partial charge in [-0.25, -0.2) is 9.18 Å². The van der Waals surface area contributed by atoms with Gasteiger partial charge in [-0.3, -0.25) is 4.90 Å². The molecular formula is C14H17BrFNO3. The van der Waals surface area contributed by atoms with E-state index in [1.807, 2.05) is 0 Å². The highest BCUT2D eigenvalue weighted by Crippen LogP contribution is 2.37. The van der Waals surface area contributed by atoms with Crippen LogP contribution in [0, 0.1) is 5.82 Å². The molecule has 1 amide bonds. The molecule has 1 heterocycles. The average molecular weight is 346 g/mol. The molecule has 0 atom stereocenters. The molecular weight excluding hydrogens is 329 g/mol. The molecule has 2 rings (SSSR count). The van der Waals surface area contributed by atoms with E-state index in [0.29, 0.717) is 16.6 Å². The summed E-state index contributed by atoms with van der Waals surface area (Å²) in [6.45, 7) is 5.93. The number of halogens is 2. The number of fused-ring (bicyclic) bond motifs is 1. The van der Waals surface area contributed by atoms with Crippen LogP contribution in [0.25, 0.3) is 0 Å². The second-order valence-corrected chi connectivity index (χ2v) is 6.53. The Hall–Kier alpha value is -1.30. The van der Waals surface area contributed by atoms with Crippen LogP contribution >= 0.6 is 15.9 Å². The van der Waals surface area contributed by atoms with Crippen molar-refractivity contribution in [1.29, 1.82) is 0 Å². The van der Waals surface area contributed by atoms with Gasteiger partial charge in [0.05, 0.1) is 18.1 Å². The molecule has 0 fully saturated rings.